The topological polar surface area (TPSA) is 72.5 Å². The van der Waals surface area contributed by atoms with Crippen molar-refractivity contribution in [3.05, 3.63) is 28.3 Å². The number of hydrogen-bond acceptors (Lipinski definition) is 4. The molecule has 0 saturated heterocycles. The van der Waals surface area contributed by atoms with Crippen LogP contribution in [0.5, 0.6) is 0 Å². The number of halogens is 1. The van der Waals surface area contributed by atoms with Crippen LogP contribution in [-0.2, 0) is 26.9 Å². The molecule has 1 N–H and O–H groups in total. The highest BCUT2D eigenvalue weighted by atomic mass is 35.5. The van der Waals surface area contributed by atoms with Crippen LogP contribution < -0.4 is 5.32 Å². The van der Waals surface area contributed by atoms with Crippen molar-refractivity contribution in [2.75, 3.05) is 24.4 Å². The molecule has 0 aliphatic carbocycles. The smallest absolute Gasteiger partial charge is 0.211 e. The van der Waals surface area contributed by atoms with E-state index >= 15 is 0 Å². The van der Waals surface area contributed by atoms with Gasteiger partial charge in [0.2, 0.25) is 6.41 Å². The highest BCUT2D eigenvalue weighted by Crippen LogP contribution is 2.26. The number of ketones is 1. The van der Waals surface area contributed by atoms with Crippen molar-refractivity contribution < 1.29 is 18.5 Å². The Morgan fingerprint density at radius 2 is 2.21 bits per heavy atom. The minimum absolute atomic E-state index is 0.110. The minimum atomic E-state index is -1.25. The number of ether oxygens (including phenoxy) is 1. The summed E-state index contributed by atoms with van der Waals surface area (Å²) in [4.78, 5) is 22.5. The van der Waals surface area contributed by atoms with E-state index in [1.165, 1.54) is 19.4 Å². The van der Waals surface area contributed by atoms with Gasteiger partial charge in [0, 0.05) is 34.8 Å². The number of anilines is 1. The number of methoxy groups -OCH3 is 1. The Morgan fingerprint density at radius 1 is 1.53 bits per heavy atom. The van der Waals surface area contributed by atoms with E-state index in [4.69, 9.17) is 16.3 Å². The zero-order valence-electron chi connectivity index (χ0n) is 10.6. The lowest BCUT2D eigenvalue weighted by molar-refractivity contribution is -0.105. The van der Waals surface area contributed by atoms with Gasteiger partial charge in [-0.3, -0.25) is 13.8 Å². The summed E-state index contributed by atoms with van der Waals surface area (Å²) in [5, 5.41) is 2.80. The molecule has 0 radical (unpaired) electrons. The molecule has 1 aromatic carbocycles. The molecule has 0 spiro atoms. The molecule has 0 fully saturated rings. The predicted molar refractivity (Wildman–Crippen MR) is 75.1 cm³/mol. The Kier molecular flexibility index (Phi) is 6.14. The second kappa shape index (κ2) is 7.37. The number of carbonyl (C=O) groups excluding carboxylic acids is 2. The fourth-order valence-corrected chi connectivity index (χ4v) is 2.30. The normalized spacial score (nSPS) is 11.9. The standard InChI is InChI=1S/C12H14ClNO4S/c1-18-5-8-3-9(12(16)6-19(2)17)11(14-7-15)4-10(8)13/h3-4,7H,5-6H2,1-2H3,(H,14,15). The highest BCUT2D eigenvalue weighted by molar-refractivity contribution is 7.85. The van der Waals surface area contributed by atoms with Crippen LogP contribution in [0.4, 0.5) is 5.69 Å². The van der Waals surface area contributed by atoms with Crippen LogP contribution in [0.15, 0.2) is 12.1 Å². The van der Waals surface area contributed by atoms with E-state index in [0.717, 1.165) is 0 Å². The van der Waals surface area contributed by atoms with Crippen molar-refractivity contribution in [1.29, 1.82) is 0 Å². The Hall–Kier alpha value is -1.24. The van der Waals surface area contributed by atoms with Crippen LogP contribution in [0.2, 0.25) is 5.02 Å². The number of hydrogen-bond donors (Lipinski definition) is 1. The van der Waals surface area contributed by atoms with Gasteiger partial charge in [0.25, 0.3) is 0 Å². The number of Topliss-reactive ketones (excluding diaryl/α,β-unsaturated/α-hetero) is 1. The molecule has 7 heteroatoms. The largest absolute Gasteiger partial charge is 0.380 e. The molecule has 1 rings (SSSR count). The second-order valence-corrected chi connectivity index (χ2v) is 5.67. The molecule has 0 aliphatic rings. The highest BCUT2D eigenvalue weighted by Gasteiger charge is 2.16. The van der Waals surface area contributed by atoms with Crippen molar-refractivity contribution in [3.8, 4) is 0 Å². The second-order valence-electron chi connectivity index (χ2n) is 3.83. The molecule has 1 atom stereocenters. The van der Waals surface area contributed by atoms with Crippen molar-refractivity contribution in [2.24, 2.45) is 0 Å². The lowest BCUT2D eigenvalue weighted by Crippen LogP contribution is -2.13. The molecule has 0 heterocycles. The molecule has 5 nitrogen and oxygen atoms in total. The maximum atomic E-state index is 12.0. The average Bonchev–Trinajstić information content (AvgIpc) is 2.32. The van der Waals surface area contributed by atoms with Crippen LogP contribution in [-0.4, -0.2) is 35.5 Å². The molecule has 104 valence electrons. The van der Waals surface area contributed by atoms with Crippen molar-refractivity contribution >= 4 is 40.3 Å². The van der Waals surface area contributed by atoms with Gasteiger partial charge in [-0.1, -0.05) is 11.6 Å². The molecular weight excluding hydrogens is 290 g/mol. The summed E-state index contributed by atoms with van der Waals surface area (Å²) < 4.78 is 16.1. The first-order valence-electron chi connectivity index (χ1n) is 5.34. The molecule has 1 aromatic rings. The zero-order chi connectivity index (χ0) is 14.4. The third kappa shape index (κ3) is 4.41. The van der Waals surface area contributed by atoms with Crippen LogP contribution in [0, 0.1) is 0 Å². The maximum absolute atomic E-state index is 12.0. The van der Waals surface area contributed by atoms with Crippen LogP contribution in [0.1, 0.15) is 15.9 Å². The monoisotopic (exact) mass is 303 g/mol. The van der Waals surface area contributed by atoms with Crippen molar-refractivity contribution in [2.45, 2.75) is 6.61 Å². The first-order valence-corrected chi connectivity index (χ1v) is 7.44. The van der Waals surface area contributed by atoms with Gasteiger partial charge in [-0.25, -0.2) is 0 Å². The number of nitrogens with one attached hydrogen (secondary N) is 1. The lowest BCUT2D eigenvalue weighted by Gasteiger charge is -2.11. The quantitative estimate of drug-likeness (QED) is 0.613. The SMILES string of the molecule is COCc1cc(C(=O)CS(C)=O)c(NC=O)cc1Cl. The van der Waals surface area contributed by atoms with Crippen LogP contribution >= 0.6 is 11.6 Å². The summed E-state index contributed by atoms with van der Waals surface area (Å²) in [5.41, 5.74) is 1.21. The Bertz CT molecular complexity index is 519. The summed E-state index contributed by atoms with van der Waals surface area (Å²) in [6.45, 7) is 0.246. The number of rotatable bonds is 7. The summed E-state index contributed by atoms with van der Waals surface area (Å²) in [5.74, 6) is -0.430. The molecule has 0 aliphatic heterocycles. The lowest BCUT2D eigenvalue weighted by atomic mass is 10.1. The van der Waals surface area contributed by atoms with Gasteiger partial charge in [-0.2, -0.15) is 0 Å². The Balaban J connectivity index is 3.23. The van der Waals surface area contributed by atoms with Crippen LogP contribution in [0.3, 0.4) is 0 Å². The Morgan fingerprint density at radius 3 is 2.74 bits per heavy atom. The predicted octanol–water partition coefficient (Wildman–Crippen LogP) is 1.62. The molecule has 0 aromatic heterocycles. The van der Waals surface area contributed by atoms with E-state index < -0.39 is 10.8 Å². The number of amides is 1. The fraction of sp³-hybridized carbons (Fsp3) is 0.333. The van der Waals surface area contributed by atoms with E-state index in [9.17, 15) is 13.8 Å². The van der Waals surface area contributed by atoms with Gasteiger partial charge in [-0.05, 0) is 17.7 Å². The van der Waals surface area contributed by atoms with Crippen LogP contribution in [0.25, 0.3) is 0 Å². The summed E-state index contributed by atoms with van der Waals surface area (Å²) >= 11 is 6.02. The van der Waals surface area contributed by atoms with Gasteiger partial charge in [-0.15, -0.1) is 0 Å². The number of carbonyl (C=O) groups is 2. The van der Waals surface area contributed by atoms with E-state index in [-0.39, 0.29) is 23.7 Å². The maximum Gasteiger partial charge on any atom is 0.211 e. The third-order valence-corrected chi connectivity index (χ3v) is 3.36. The molecule has 19 heavy (non-hydrogen) atoms. The van der Waals surface area contributed by atoms with Gasteiger partial charge < -0.3 is 10.1 Å². The van der Waals surface area contributed by atoms with E-state index in [1.807, 2.05) is 0 Å². The first kappa shape index (κ1) is 15.8. The van der Waals surface area contributed by atoms with Gasteiger partial charge in [0.1, 0.15) is 0 Å². The summed E-state index contributed by atoms with van der Waals surface area (Å²) in [6, 6.07) is 3.03. The van der Waals surface area contributed by atoms with E-state index in [0.29, 0.717) is 22.7 Å². The average molecular weight is 304 g/mol. The van der Waals surface area contributed by atoms with Gasteiger partial charge >= 0.3 is 0 Å². The molecular formula is C12H14ClNO4S. The minimum Gasteiger partial charge on any atom is -0.380 e. The Labute approximate surface area is 118 Å². The zero-order valence-corrected chi connectivity index (χ0v) is 12.1. The molecule has 0 saturated carbocycles. The van der Waals surface area contributed by atoms with E-state index in [2.05, 4.69) is 5.32 Å². The third-order valence-electron chi connectivity index (χ3n) is 2.34. The van der Waals surface area contributed by atoms with Crippen molar-refractivity contribution in [3.63, 3.8) is 0 Å². The fourth-order valence-electron chi connectivity index (χ4n) is 1.56. The molecule has 0 bridgehead atoms. The molecule has 1 unspecified atom stereocenters. The van der Waals surface area contributed by atoms with E-state index in [1.54, 1.807) is 6.07 Å². The summed E-state index contributed by atoms with van der Waals surface area (Å²) in [7, 11) is 0.256. The van der Waals surface area contributed by atoms with Gasteiger partial charge in [0.15, 0.2) is 5.78 Å². The summed E-state index contributed by atoms with van der Waals surface area (Å²) in [6.07, 6.45) is 1.90. The van der Waals surface area contributed by atoms with Gasteiger partial charge in [0.05, 0.1) is 18.0 Å². The number of benzene rings is 1. The molecule has 1 amide bonds. The first-order chi connectivity index (χ1) is 8.99. The van der Waals surface area contributed by atoms with Crippen molar-refractivity contribution in [1.82, 2.24) is 0 Å².